The lowest BCUT2D eigenvalue weighted by Crippen LogP contribution is -2.58. The smallest absolute Gasteiger partial charge is 0.318 e. The number of urea groups is 1. The van der Waals surface area contributed by atoms with E-state index < -0.39 is 12.0 Å². The van der Waals surface area contributed by atoms with Crippen molar-refractivity contribution in [3.05, 3.63) is 0 Å². The Balaban J connectivity index is 2.51. The monoisotopic (exact) mass is 299 g/mol. The van der Waals surface area contributed by atoms with Crippen LogP contribution in [-0.4, -0.2) is 53.6 Å². The van der Waals surface area contributed by atoms with Gasteiger partial charge in [0.05, 0.1) is 0 Å². The molecule has 2 atom stereocenters. The van der Waals surface area contributed by atoms with Gasteiger partial charge in [-0.3, -0.25) is 9.59 Å². The molecule has 1 fully saturated rings. The van der Waals surface area contributed by atoms with Gasteiger partial charge in [0.25, 0.3) is 0 Å². The number of carbonyl (C=O) groups is 3. The van der Waals surface area contributed by atoms with Crippen LogP contribution in [0.2, 0.25) is 0 Å². The molecule has 3 amide bonds. The summed E-state index contributed by atoms with van der Waals surface area (Å²) < 4.78 is 0. The number of nitrogens with one attached hydrogen (secondary N) is 2. The SMILES string of the molecule is CC(C)C[C@H](CNC(=O)N1CCNC(=O)C1C)CC(=O)O. The Morgan fingerprint density at radius 1 is 1.48 bits per heavy atom. The fourth-order valence-electron chi connectivity index (χ4n) is 2.55. The second kappa shape index (κ2) is 7.85. The van der Waals surface area contributed by atoms with E-state index in [0.717, 1.165) is 6.42 Å². The number of carbonyl (C=O) groups excluding carboxylic acids is 2. The molecule has 3 N–H and O–H groups in total. The van der Waals surface area contributed by atoms with Gasteiger partial charge in [-0.25, -0.2) is 4.79 Å². The maximum Gasteiger partial charge on any atom is 0.318 e. The number of carboxylic acids is 1. The number of carboxylic acid groups (broad SMARTS) is 1. The highest BCUT2D eigenvalue weighted by molar-refractivity contribution is 5.87. The third-order valence-electron chi connectivity index (χ3n) is 3.57. The van der Waals surface area contributed by atoms with Crippen LogP contribution in [0.3, 0.4) is 0 Å². The summed E-state index contributed by atoms with van der Waals surface area (Å²) in [6.45, 7) is 6.94. The number of piperazine rings is 1. The predicted molar refractivity (Wildman–Crippen MR) is 77.8 cm³/mol. The van der Waals surface area contributed by atoms with Gasteiger partial charge < -0.3 is 20.6 Å². The Hall–Kier alpha value is -1.79. The summed E-state index contributed by atoms with van der Waals surface area (Å²) in [4.78, 5) is 36.0. The molecule has 0 saturated carbocycles. The average molecular weight is 299 g/mol. The molecule has 0 aromatic heterocycles. The highest BCUT2D eigenvalue weighted by Gasteiger charge is 2.29. The summed E-state index contributed by atoms with van der Waals surface area (Å²) >= 11 is 0. The van der Waals surface area contributed by atoms with E-state index in [1.807, 2.05) is 13.8 Å². The zero-order valence-corrected chi connectivity index (χ0v) is 12.9. The molecule has 1 saturated heterocycles. The van der Waals surface area contributed by atoms with Crippen LogP contribution in [0, 0.1) is 11.8 Å². The van der Waals surface area contributed by atoms with E-state index in [9.17, 15) is 14.4 Å². The molecule has 0 aromatic rings. The van der Waals surface area contributed by atoms with Gasteiger partial charge in [0.2, 0.25) is 5.91 Å². The maximum absolute atomic E-state index is 12.1. The Morgan fingerprint density at radius 2 is 2.14 bits per heavy atom. The lowest BCUT2D eigenvalue weighted by Gasteiger charge is -2.33. The van der Waals surface area contributed by atoms with Crippen molar-refractivity contribution in [2.45, 2.75) is 39.7 Å². The minimum Gasteiger partial charge on any atom is -0.481 e. The highest BCUT2D eigenvalue weighted by Crippen LogP contribution is 2.15. The molecule has 0 radical (unpaired) electrons. The molecule has 7 heteroatoms. The van der Waals surface area contributed by atoms with Gasteiger partial charge in [-0.15, -0.1) is 0 Å². The first-order valence-electron chi connectivity index (χ1n) is 7.35. The second-order valence-corrected chi connectivity index (χ2v) is 5.94. The van der Waals surface area contributed by atoms with Crippen LogP contribution in [0.15, 0.2) is 0 Å². The van der Waals surface area contributed by atoms with Crippen molar-refractivity contribution in [3.63, 3.8) is 0 Å². The molecule has 1 unspecified atom stereocenters. The van der Waals surface area contributed by atoms with Crippen LogP contribution in [0.4, 0.5) is 4.79 Å². The van der Waals surface area contributed by atoms with Gasteiger partial charge in [-0.05, 0) is 25.2 Å². The molecule has 0 aliphatic carbocycles. The summed E-state index contributed by atoms with van der Waals surface area (Å²) in [6, 6.07) is -0.807. The zero-order chi connectivity index (χ0) is 16.0. The topological polar surface area (TPSA) is 98.7 Å². The maximum atomic E-state index is 12.1. The van der Waals surface area contributed by atoms with Crippen molar-refractivity contribution in [1.29, 1.82) is 0 Å². The van der Waals surface area contributed by atoms with E-state index >= 15 is 0 Å². The molecule has 7 nitrogen and oxygen atoms in total. The van der Waals surface area contributed by atoms with Gasteiger partial charge in [0, 0.05) is 26.1 Å². The molecule has 0 aromatic carbocycles. The first-order valence-corrected chi connectivity index (χ1v) is 7.35. The molecular weight excluding hydrogens is 274 g/mol. The lowest BCUT2D eigenvalue weighted by molar-refractivity contribution is -0.138. The normalized spacial score (nSPS) is 20.1. The van der Waals surface area contributed by atoms with Gasteiger partial charge in [-0.2, -0.15) is 0 Å². The van der Waals surface area contributed by atoms with E-state index in [0.29, 0.717) is 25.6 Å². The van der Waals surface area contributed by atoms with E-state index in [-0.39, 0.29) is 24.3 Å². The fraction of sp³-hybridized carbons (Fsp3) is 0.786. The summed E-state index contributed by atoms with van der Waals surface area (Å²) in [7, 11) is 0. The van der Waals surface area contributed by atoms with E-state index in [1.165, 1.54) is 4.90 Å². The average Bonchev–Trinajstić information content (AvgIpc) is 2.37. The molecule has 1 aliphatic heterocycles. The van der Waals surface area contributed by atoms with Gasteiger partial charge >= 0.3 is 12.0 Å². The predicted octanol–water partition coefficient (Wildman–Crippen LogP) is 0.653. The third kappa shape index (κ3) is 5.61. The Bertz CT molecular complexity index is 398. The van der Waals surface area contributed by atoms with Crippen LogP contribution in [0.25, 0.3) is 0 Å². The summed E-state index contributed by atoms with van der Waals surface area (Å²) in [5.41, 5.74) is 0. The molecule has 1 heterocycles. The largest absolute Gasteiger partial charge is 0.481 e. The zero-order valence-electron chi connectivity index (χ0n) is 12.9. The molecule has 0 bridgehead atoms. The molecule has 21 heavy (non-hydrogen) atoms. The van der Waals surface area contributed by atoms with Crippen LogP contribution in [0.1, 0.15) is 33.6 Å². The molecule has 0 spiro atoms. The lowest BCUT2D eigenvalue weighted by atomic mass is 9.94. The first-order chi connectivity index (χ1) is 9.81. The standard InChI is InChI=1S/C14H25N3O4/c1-9(2)6-11(7-12(18)19)8-16-14(21)17-5-4-15-13(20)10(17)3/h9-11H,4-8H2,1-3H3,(H,15,20)(H,16,21)(H,18,19)/t10?,11-/m0/s1. The summed E-state index contributed by atoms with van der Waals surface area (Å²) in [5.74, 6) is -0.757. The van der Waals surface area contributed by atoms with Gasteiger partial charge in [-0.1, -0.05) is 13.8 Å². The Morgan fingerprint density at radius 3 is 2.71 bits per heavy atom. The minimum absolute atomic E-state index is 0.0362. The quantitative estimate of drug-likeness (QED) is 0.670. The summed E-state index contributed by atoms with van der Waals surface area (Å²) in [5, 5.41) is 14.4. The third-order valence-corrected chi connectivity index (χ3v) is 3.57. The van der Waals surface area contributed by atoms with Gasteiger partial charge in [0.1, 0.15) is 6.04 Å². The van der Waals surface area contributed by atoms with Crippen molar-refractivity contribution >= 4 is 17.9 Å². The van der Waals surface area contributed by atoms with E-state index in [4.69, 9.17) is 5.11 Å². The van der Waals surface area contributed by atoms with Crippen molar-refractivity contribution in [1.82, 2.24) is 15.5 Å². The van der Waals surface area contributed by atoms with Crippen molar-refractivity contribution in [2.24, 2.45) is 11.8 Å². The molecule has 1 rings (SSSR count). The van der Waals surface area contributed by atoms with Crippen molar-refractivity contribution in [2.75, 3.05) is 19.6 Å². The first kappa shape index (κ1) is 17.3. The van der Waals surface area contributed by atoms with Crippen molar-refractivity contribution < 1.29 is 19.5 Å². The summed E-state index contributed by atoms with van der Waals surface area (Å²) in [6.07, 6.45) is 0.775. The molecular formula is C14H25N3O4. The number of nitrogens with zero attached hydrogens (tertiary/aromatic N) is 1. The van der Waals surface area contributed by atoms with Crippen LogP contribution >= 0.6 is 0 Å². The highest BCUT2D eigenvalue weighted by atomic mass is 16.4. The number of aliphatic carboxylic acids is 1. The number of amides is 3. The fourth-order valence-corrected chi connectivity index (χ4v) is 2.55. The Kier molecular flexibility index (Phi) is 6.45. The second-order valence-electron chi connectivity index (χ2n) is 5.94. The van der Waals surface area contributed by atoms with Crippen molar-refractivity contribution in [3.8, 4) is 0 Å². The van der Waals surface area contributed by atoms with Crippen LogP contribution in [-0.2, 0) is 9.59 Å². The van der Waals surface area contributed by atoms with Crippen LogP contribution < -0.4 is 10.6 Å². The Labute approximate surface area is 125 Å². The number of rotatable bonds is 6. The van der Waals surface area contributed by atoms with Gasteiger partial charge in [0.15, 0.2) is 0 Å². The van der Waals surface area contributed by atoms with E-state index in [1.54, 1.807) is 6.92 Å². The van der Waals surface area contributed by atoms with E-state index in [2.05, 4.69) is 10.6 Å². The number of hydrogen-bond donors (Lipinski definition) is 3. The molecule has 120 valence electrons. The minimum atomic E-state index is -0.861. The number of hydrogen-bond acceptors (Lipinski definition) is 3. The van der Waals surface area contributed by atoms with Crippen LogP contribution in [0.5, 0.6) is 0 Å². The molecule has 1 aliphatic rings.